The van der Waals surface area contributed by atoms with Crippen LogP contribution in [0.3, 0.4) is 0 Å². The van der Waals surface area contributed by atoms with Crippen molar-refractivity contribution in [2.45, 2.75) is 53.7 Å². The number of aryl methyl sites for hydroxylation is 1. The Morgan fingerprint density at radius 1 is 1.43 bits per heavy atom. The van der Waals surface area contributed by atoms with Gasteiger partial charge in [-0.15, -0.1) is 11.3 Å². The van der Waals surface area contributed by atoms with Gasteiger partial charge in [0.05, 0.1) is 5.69 Å². The van der Waals surface area contributed by atoms with Crippen LogP contribution in [-0.4, -0.2) is 28.2 Å². The van der Waals surface area contributed by atoms with E-state index in [4.69, 9.17) is 4.74 Å². The normalized spacial score (nSPS) is 12.4. The SMILES string of the molecule is CCCn1c(C)cc(-c2csc(NC(=O)C(C)OCC)n2)c1C. The zero-order valence-corrected chi connectivity index (χ0v) is 15.3. The third-order valence-electron chi connectivity index (χ3n) is 3.82. The summed E-state index contributed by atoms with van der Waals surface area (Å²) in [6.45, 7) is 11.5. The van der Waals surface area contributed by atoms with E-state index in [1.165, 1.54) is 22.7 Å². The van der Waals surface area contributed by atoms with Crippen molar-refractivity contribution >= 4 is 22.4 Å². The van der Waals surface area contributed by atoms with Crippen LogP contribution >= 0.6 is 11.3 Å². The summed E-state index contributed by atoms with van der Waals surface area (Å²) >= 11 is 1.44. The minimum Gasteiger partial charge on any atom is -0.369 e. The summed E-state index contributed by atoms with van der Waals surface area (Å²) in [5.74, 6) is -0.163. The molecule has 1 unspecified atom stereocenters. The summed E-state index contributed by atoms with van der Waals surface area (Å²) in [6.07, 6.45) is 0.630. The predicted molar refractivity (Wildman–Crippen MR) is 95.0 cm³/mol. The Morgan fingerprint density at radius 2 is 2.17 bits per heavy atom. The van der Waals surface area contributed by atoms with Gasteiger partial charge in [-0.1, -0.05) is 6.92 Å². The fourth-order valence-corrected chi connectivity index (χ4v) is 3.33. The molecule has 0 fully saturated rings. The van der Waals surface area contributed by atoms with Crippen LogP contribution in [0.1, 0.15) is 38.6 Å². The van der Waals surface area contributed by atoms with Crippen molar-refractivity contribution < 1.29 is 9.53 Å². The van der Waals surface area contributed by atoms with Gasteiger partial charge in [0.1, 0.15) is 6.10 Å². The van der Waals surface area contributed by atoms with E-state index >= 15 is 0 Å². The first-order valence-corrected chi connectivity index (χ1v) is 8.90. The van der Waals surface area contributed by atoms with Crippen LogP contribution in [0.2, 0.25) is 0 Å². The lowest BCUT2D eigenvalue weighted by molar-refractivity contribution is -0.126. The molecule has 0 saturated heterocycles. The molecule has 2 aromatic heterocycles. The smallest absolute Gasteiger partial charge is 0.254 e. The zero-order chi connectivity index (χ0) is 17.0. The van der Waals surface area contributed by atoms with Gasteiger partial charge in [0.15, 0.2) is 5.13 Å². The molecule has 0 aliphatic rings. The zero-order valence-electron chi connectivity index (χ0n) is 14.5. The first kappa shape index (κ1) is 17.7. The monoisotopic (exact) mass is 335 g/mol. The van der Waals surface area contributed by atoms with E-state index in [0.717, 1.165) is 24.2 Å². The maximum Gasteiger partial charge on any atom is 0.254 e. The van der Waals surface area contributed by atoms with E-state index in [9.17, 15) is 4.79 Å². The van der Waals surface area contributed by atoms with E-state index in [1.54, 1.807) is 6.92 Å². The molecule has 0 spiro atoms. The lowest BCUT2D eigenvalue weighted by Gasteiger charge is -2.09. The Hall–Kier alpha value is -1.66. The van der Waals surface area contributed by atoms with Crippen molar-refractivity contribution in [1.82, 2.24) is 9.55 Å². The summed E-state index contributed by atoms with van der Waals surface area (Å²) in [6, 6.07) is 2.16. The Bertz CT molecular complexity index is 675. The van der Waals surface area contributed by atoms with Gasteiger partial charge < -0.3 is 9.30 Å². The van der Waals surface area contributed by atoms with Gasteiger partial charge >= 0.3 is 0 Å². The van der Waals surface area contributed by atoms with Crippen LogP contribution in [0, 0.1) is 13.8 Å². The minimum absolute atomic E-state index is 0.163. The number of nitrogens with one attached hydrogen (secondary N) is 1. The quantitative estimate of drug-likeness (QED) is 0.832. The molecule has 0 aliphatic heterocycles. The number of hydrogen-bond donors (Lipinski definition) is 1. The molecule has 0 saturated carbocycles. The average Bonchev–Trinajstić information content (AvgIpc) is 3.07. The van der Waals surface area contributed by atoms with Crippen LogP contribution in [0.4, 0.5) is 5.13 Å². The highest BCUT2D eigenvalue weighted by Gasteiger charge is 2.17. The highest BCUT2D eigenvalue weighted by atomic mass is 32.1. The molecule has 1 atom stereocenters. The highest BCUT2D eigenvalue weighted by molar-refractivity contribution is 7.14. The van der Waals surface area contributed by atoms with Crippen molar-refractivity contribution in [3.63, 3.8) is 0 Å². The molecule has 2 heterocycles. The lowest BCUT2D eigenvalue weighted by atomic mass is 10.2. The van der Waals surface area contributed by atoms with E-state index < -0.39 is 6.10 Å². The molecule has 0 radical (unpaired) electrons. The van der Waals surface area contributed by atoms with Crippen molar-refractivity contribution in [3.8, 4) is 11.3 Å². The number of carbonyl (C=O) groups is 1. The number of carbonyl (C=O) groups excluding carboxylic acids is 1. The highest BCUT2D eigenvalue weighted by Crippen LogP contribution is 2.30. The standard InChI is InChI=1S/C17H25N3O2S/c1-6-8-20-11(3)9-14(12(20)4)15-10-23-17(18-15)19-16(21)13(5)22-7-2/h9-10,13H,6-8H2,1-5H3,(H,18,19,21). The fourth-order valence-electron chi connectivity index (χ4n) is 2.62. The third kappa shape index (κ3) is 4.00. The molecule has 2 rings (SSSR count). The van der Waals surface area contributed by atoms with Gasteiger partial charge in [0.2, 0.25) is 0 Å². The van der Waals surface area contributed by atoms with E-state index in [2.05, 4.69) is 41.7 Å². The molecule has 126 valence electrons. The first-order valence-electron chi connectivity index (χ1n) is 8.03. The molecule has 23 heavy (non-hydrogen) atoms. The predicted octanol–water partition coefficient (Wildman–Crippen LogP) is 4.00. The largest absolute Gasteiger partial charge is 0.369 e. The van der Waals surface area contributed by atoms with Crippen molar-refractivity contribution in [2.75, 3.05) is 11.9 Å². The molecule has 0 bridgehead atoms. The number of aromatic nitrogens is 2. The van der Waals surface area contributed by atoms with Gasteiger partial charge in [0.25, 0.3) is 5.91 Å². The van der Waals surface area contributed by atoms with Gasteiger partial charge in [-0.25, -0.2) is 4.98 Å². The summed E-state index contributed by atoms with van der Waals surface area (Å²) in [7, 11) is 0. The van der Waals surface area contributed by atoms with E-state index in [0.29, 0.717) is 11.7 Å². The van der Waals surface area contributed by atoms with Gasteiger partial charge in [0, 0.05) is 35.5 Å². The maximum atomic E-state index is 12.0. The number of nitrogens with zero attached hydrogens (tertiary/aromatic N) is 2. The van der Waals surface area contributed by atoms with Crippen molar-refractivity contribution in [1.29, 1.82) is 0 Å². The number of hydrogen-bond acceptors (Lipinski definition) is 4. The number of amides is 1. The van der Waals surface area contributed by atoms with Gasteiger partial charge in [-0.2, -0.15) is 0 Å². The van der Waals surface area contributed by atoms with E-state index in [1.807, 2.05) is 12.3 Å². The minimum atomic E-state index is -0.470. The molecular weight excluding hydrogens is 310 g/mol. The molecular formula is C17H25N3O2S. The number of thiazole rings is 1. The summed E-state index contributed by atoms with van der Waals surface area (Å²) in [5.41, 5.74) is 4.49. The van der Waals surface area contributed by atoms with Crippen molar-refractivity contribution in [2.24, 2.45) is 0 Å². The van der Waals surface area contributed by atoms with Crippen LogP contribution in [-0.2, 0) is 16.1 Å². The van der Waals surface area contributed by atoms with Crippen LogP contribution in [0.15, 0.2) is 11.4 Å². The van der Waals surface area contributed by atoms with Gasteiger partial charge in [-0.05, 0) is 40.2 Å². The Morgan fingerprint density at radius 3 is 2.83 bits per heavy atom. The van der Waals surface area contributed by atoms with Gasteiger partial charge in [-0.3, -0.25) is 10.1 Å². The summed E-state index contributed by atoms with van der Waals surface area (Å²) in [5, 5.41) is 5.41. The second-order valence-electron chi connectivity index (χ2n) is 5.56. The number of rotatable bonds is 7. The Labute approximate surface area is 141 Å². The molecule has 0 aliphatic carbocycles. The second kappa shape index (κ2) is 7.75. The van der Waals surface area contributed by atoms with E-state index in [-0.39, 0.29) is 5.91 Å². The average molecular weight is 335 g/mol. The number of ether oxygens (including phenoxy) is 1. The number of anilines is 1. The topological polar surface area (TPSA) is 56.2 Å². The fraction of sp³-hybridized carbons (Fsp3) is 0.529. The molecule has 2 aromatic rings. The van der Waals surface area contributed by atoms with Crippen molar-refractivity contribution in [3.05, 3.63) is 22.8 Å². The Kier molecular flexibility index (Phi) is 5.96. The Balaban J connectivity index is 2.16. The summed E-state index contributed by atoms with van der Waals surface area (Å²) in [4.78, 5) is 16.5. The first-order chi connectivity index (χ1) is 11.0. The van der Waals surface area contributed by atoms with Crippen LogP contribution in [0.5, 0.6) is 0 Å². The molecule has 5 nitrogen and oxygen atoms in total. The third-order valence-corrected chi connectivity index (χ3v) is 4.57. The van der Waals surface area contributed by atoms with Crippen LogP contribution < -0.4 is 5.32 Å². The lowest BCUT2D eigenvalue weighted by Crippen LogP contribution is -2.27. The summed E-state index contributed by atoms with van der Waals surface area (Å²) < 4.78 is 7.60. The maximum absolute atomic E-state index is 12.0. The molecule has 1 amide bonds. The molecule has 6 heteroatoms. The second-order valence-corrected chi connectivity index (χ2v) is 6.42. The molecule has 0 aromatic carbocycles. The van der Waals surface area contributed by atoms with Crippen LogP contribution in [0.25, 0.3) is 11.3 Å². The molecule has 1 N–H and O–H groups in total.